The van der Waals surface area contributed by atoms with Crippen LogP contribution in [0.1, 0.15) is 50.2 Å². The molecule has 0 radical (unpaired) electrons. The Morgan fingerprint density at radius 2 is 1.89 bits per heavy atom. The van der Waals surface area contributed by atoms with Gasteiger partial charge in [0.1, 0.15) is 5.82 Å². The Balaban J connectivity index is 1.34. The summed E-state index contributed by atoms with van der Waals surface area (Å²) in [6.07, 6.45) is 4.49. The average molecular weight is 383 g/mol. The minimum absolute atomic E-state index is 0.0449. The number of rotatable bonds is 3. The van der Waals surface area contributed by atoms with E-state index < -0.39 is 0 Å². The van der Waals surface area contributed by atoms with E-state index in [2.05, 4.69) is 44.5 Å². The Bertz CT molecular complexity index is 793. The van der Waals surface area contributed by atoms with Crippen LogP contribution in [-0.4, -0.2) is 52.3 Å². The van der Waals surface area contributed by atoms with Crippen molar-refractivity contribution in [2.45, 2.75) is 45.4 Å². The zero-order valence-electron chi connectivity index (χ0n) is 16.8. The molecule has 2 saturated heterocycles. The van der Waals surface area contributed by atoms with E-state index in [1.54, 1.807) is 0 Å². The van der Waals surface area contributed by atoms with E-state index in [1.165, 1.54) is 18.5 Å². The van der Waals surface area contributed by atoms with Gasteiger partial charge in [-0.05, 0) is 62.8 Å². The van der Waals surface area contributed by atoms with Gasteiger partial charge >= 0.3 is 6.03 Å². The van der Waals surface area contributed by atoms with Crippen molar-refractivity contribution < 1.29 is 4.79 Å². The highest BCUT2D eigenvalue weighted by Crippen LogP contribution is 2.26. The van der Waals surface area contributed by atoms with Crippen LogP contribution in [0, 0.1) is 12.8 Å². The molecule has 0 spiro atoms. The van der Waals surface area contributed by atoms with E-state index in [0.717, 1.165) is 55.7 Å². The van der Waals surface area contributed by atoms with Crippen LogP contribution in [0.5, 0.6) is 0 Å². The molecule has 0 saturated carbocycles. The van der Waals surface area contributed by atoms with Crippen molar-refractivity contribution in [2.24, 2.45) is 5.92 Å². The smallest absolute Gasteiger partial charge is 0.321 e. The summed E-state index contributed by atoms with van der Waals surface area (Å²) in [5.74, 6) is 2.66. The fourth-order valence-electron chi connectivity index (χ4n) is 4.14. The Hall–Kier alpha value is -2.57. The second kappa shape index (κ2) is 8.20. The van der Waals surface area contributed by atoms with Crippen LogP contribution in [0.2, 0.25) is 0 Å². The Kier molecular flexibility index (Phi) is 5.50. The third-order valence-electron chi connectivity index (χ3n) is 5.96. The van der Waals surface area contributed by atoms with Crippen molar-refractivity contribution in [3.8, 4) is 0 Å². The van der Waals surface area contributed by atoms with Crippen molar-refractivity contribution >= 4 is 17.4 Å². The molecule has 7 heteroatoms. The van der Waals surface area contributed by atoms with Gasteiger partial charge in [-0.2, -0.15) is 5.10 Å². The first kappa shape index (κ1) is 18.8. The molecule has 2 aliphatic heterocycles. The molecule has 0 bridgehead atoms. The van der Waals surface area contributed by atoms with Crippen LogP contribution in [0.4, 0.5) is 16.2 Å². The summed E-state index contributed by atoms with van der Waals surface area (Å²) in [6, 6.07) is 8.19. The molecule has 1 atom stereocenters. The van der Waals surface area contributed by atoms with E-state index in [4.69, 9.17) is 0 Å². The lowest BCUT2D eigenvalue weighted by Gasteiger charge is -2.32. The number of aromatic amines is 1. The molecule has 1 aromatic heterocycles. The largest absolute Gasteiger partial charge is 0.372 e. The second-order valence-electron chi connectivity index (χ2n) is 8.21. The number of urea groups is 1. The van der Waals surface area contributed by atoms with Gasteiger partial charge in [-0.15, -0.1) is 0 Å². The molecule has 1 aromatic carbocycles. The molecule has 28 heavy (non-hydrogen) atoms. The number of carbonyl (C=O) groups is 1. The summed E-state index contributed by atoms with van der Waals surface area (Å²) in [6.45, 7) is 7.89. The van der Waals surface area contributed by atoms with Gasteiger partial charge in [0.2, 0.25) is 0 Å². The third kappa shape index (κ3) is 4.29. The van der Waals surface area contributed by atoms with Gasteiger partial charge in [-0.3, -0.25) is 5.10 Å². The maximum absolute atomic E-state index is 12.7. The number of aromatic nitrogens is 3. The number of piperidine rings is 2. The van der Waals surface area contributed by atoms with Gasteiger partial charge in [0.25, 0.3) is 0 Å². The summed E-state index contributed by atoms with van der Waals surface area (Å²) in [7, 11) is 0. The van der Waals surface area contributed by atoms with E-state index in [0.29, 0.717) is 6.54 Å². The number of carbonyl (C=O) groups excluding carboxylic acids is 1. The van der Waals surface area contributed by atoms with Crippen molar-refractivity contribution in [1.29, 1.82) is 0 Å². The highest BCUT2D eigenvalue weighted by atomic mass is 16.2. The highest BCUT2D eigenvalue weighted by Gasteiger charge is 2.27. The summed E-state index contributed by atoms with van der Waals surface area (Å²) < 4.78 is 0. The third-order valence-corrected chi connectivity index (χ3v) is 5.96. The van der Waals surface area contributed by atoms with E-state index in [-0.39, 0.29) is 11.9 Å². The van der Waals surface area contributed by atoms with Crippen molar-refractivity contribution in [3.05, 3.63) is 35.9 Å². The molecule has 2 aliphatic rings. The molecule has 2 aromatic rings. The molecule has 3 heterocycles. The normalized spacial score (nSPS) is 21.0. The molecule has 2 N–H and O–H groups in total. The summed E-state index contributed by atoms with van der Waals surface area (Å²) in [5.41, 5.74) is 2.08. The van der Waals surface area contributed by atoms with E-state index in [9.17, 15) is 4.79 Å². The summed E-state index contributed by atoms with van der Waals surface area (Å²) in [4.78, 5) is 21.5. The second-order valence-corrected chi connectivity index (χ2v) is 8.21. The van der Waals surface area contributed by atoms with Gasteiger partial charge in [0.05, 0.1) is 0 Å². The number of hydrogen-bond donors (Lipinski definition) is 2. The lowest BCUT2D eigenvalue weighted by Crippen LogP contribution is -2.41. The molecule has 2 fully saturated rings. The number of nitrogens with zero attached hydrogens (tertiary/aromatic N) is 4. The van der Waals surface area contributed by atoms with Gasteiger partial charge < -0.3 is 15.1 Å². The molecule has 7 nitrogen and oxygen atoms in total. The number of amides is 2. The Morgan fingerprint density at radius 1 is 1.14 bits per heavy atom. The fraction of sp³-hybridized carbons (Fsp3) is 0.571. The number of likely N-dealkylation sites (tertiary alicyclic amines) is 1. The predicted molar refractivity (Wildman–Crippen MR) is 111 cm³/mol. The SMILES string of the molecule is Cc1nc([C@H]2CCCN(C(=O)Nc3ccc(N4CCC(C)CC4)cc3)C2)n[nH]1. The van der Waals surface area contributed by atoms with Gasteiger partial charge in [-0.1, -0.05) is 6.92 Å². The number of hydrogen-bond acceptors (Lipinski definition) is 4. The molecule has 2 amide bonds. The van der Waals surface area contributed by atoms with Crippen molar-refractivity contribution in [1.82, 2.24) is 20.1 Å². The van der Waals surface area contributed by atoms with Gasteiger partial charge in [0.15, 0.2) is 5.82 Å². The number of benzene rings is 1. The Labute approximate surface area is 166 Å². The van der Waals surface area contributed by atoms with Crippen molar-refractivity contribution in [2.75, 3.05) is 36.4 Å². The van der Waals surface area contributed by atoms with Gasteiger partial charge in [-0.25, -0.2) is 9.78 Å². The van der Waals surface area contributed by atoms with Crippen LogP contribution in [-0.2, 0) is 0 Å². The zero-order valence-corrected chi connectivity index (χ0v) is 16.8. The summed E-state index contributed by atoms with van der Waals surface area (Å²) in [5, 5.41) is 10.2. The first-order valence-electron chi connectivity index (χ1n) is 10.4. The number of nitrogens with one attached hydrogen (secondary N) is 2. The number of aryl methyl sites for hydroxylation is 1. The maximum atomic E-state index is 12.7. The van der Waals surface area contributed by atoms with Crippen molar-refractivity contribution in [3.63, 3.8) is 0 Å². The molecule has 150 valence electrons. The first-order valence-corrected chi connectivity index (χ1v) is 10.4. The number of anilines is 2. The lowest BCUT2D eigenvalue weighted by molar-refractivity contribution is 0.191. The lowest BCUT2D eigenvalue weighted by atomic mass is 9.97. The topological polar surface area (TPSA) is 77.2 Å². The van der Waals surface area contributed by atoms with E-state index >= 15 is 0 Å². The highest BCUT2D eigenvalue weighted by molar-refractivity contribution is 5.89. The quantitative estimate of drug-likeness (QED) is 0.847. The maximum Gasteiger partial charge on any atom is 0.321 e. The first-order chi connectivity index (χ1) is 13.6. The minimum atomic E-state index is -0.0449. The minimum Gasteiger partial charge on any atom is -0.372 e. The van der Waals surface area contributed by atoms with E-state index in [1.807, 2.05) is 24.0 Å². The van der Waals surface area contributed by atoms with Gasteiger partial charge in [0, 0.05) is 43.5 Å². The van der Waals surface area contributed by atoms with Crippen LogP contribution < -0.4 is 10.2 Å². The van der Waals surface area contributed by atoms with Crippen LogP contribution in [0.3, 0.4) is 0 Å². The molecule has 0 unspecified atom stereocenters. The molecule has 0 aliphatic carbocycles. The Morgan fingerprint density at radius 3 is 2.57 bits per heavy atom. The van der Waals surface area contributed by atoms with Crippen LogP contribution >= 0.6 is 0 Å². The average Bonchev–Trinajstić information content (AvgIpc) is 3.16. The molecular weight excluding hydrogens is 352 g/mol. The zero-order chi connectivity index (χ0) is 19.5. The molecular formula is C21H30N6O. The number of H-pyrrole nitrogens is 1. The standard InChI is InChI=1S/C21H30N6O/c1-15-9-12-26(13-10-15)19-7-5-18(6-8-19)23-21(28)27-11-3-4-17(14-27)20-22-16(2)24-25-20/h5-8,15,17H,3-4,9-14H2,1-2H3,(H,23,28)(H,22,24,25)/t17-/m0/s1. The molecule has 4 rings (SSSR count). The summed E-state index contributed by atoms with van der Waals surface area (Å²) >= 11 is 0. The predicted octanol–water partition coefficient (Wildman–Crippen LogP) is 3.76. The fourth-order valence-corrected chi connectivity index (χ4v) is 4.14. The monoisotopic (exact) mass is 382 g/mol. The van der Waals surface area contributed by atoms with Crippen LogP contribution in [0.15, 0.2) is 24.3 Å². The van der Waals surface area contributed by atoms with Crippen LogP contribution in [0.25, 0.3) is 0 Å².